The Morgan fingerprint density at radius 2 is 1.50 bits per heavy atom. The summed E-state index contributed by atoms with van der Waals surface area (Å²) in [7, 11) is 1.58. The average molecular weight is 487 g/mol. The lowest BCUT2D eigenvalue weighted by Crippen LogP contribution is -2.45. The molecule has 1 unspecified atom stereocenters. The highest BCUT2D eigenvalue weighted by Gasteiger charge is 2.34. The van der Waals surface area contributed by atoms with Crippen molar-refractivity contribution in [2.75, 3.05) is 7.11 Å². The van der Waals surface area contributed by atoms with Gasteiger partial charge in [-0.15, -0.1) is 0 Å². The molecule has 36 heavy (non-hydrogen) atoms. The lowest BCUT2D eigenvalue weighted by atomic mass is 9.92. The number of hydrogen-bond donors (Lipinski definition) is 2. The van der Waals surface area contributed by atoms with Gasteiger partial charge in [0.15, 0.2) is 0 Å². The van der Waals surface area contributed by atoms with Crippen LogP contribution in [0.3, 0.4) is 0 Å². The largest absolute Gasteiger partial charge is 0.497 e. The van der Waals surface area contributed by atoms with E-state index in [1.807, 2.05) is 49.4 Å². The monoisotopic (exact) mass is 486 g/mol. The fraction of sp³-hybridized carbons (Fsp3) is 0.241. The minimum atomic E-state index is -0.710. The van der Waals surface area contributed by atoms with Gasteiger partial charge in [0.2, 0.25) is 0 Å². The minimum absolute atomic E-state index is 0.316. The summed E-state index contributed by atoms with van der Waals surface area (Å²) in [6.45, 7) is 7.66. The number of carbonyl (C=O) groups is 2. The first-order valence-corrected chi connectivity index (χ1v) is 11.8. The molecule has 0 aromatic heterocycles. The van der Waals surface area contributed by atoms with Crippen molar-refractivity contribution >= 4 is 17.7 Å². The first-order valence-electron chi connectivity index (χ1n) is 11.8. The van der Waals surface area contributed by atoms with Crippen LogP contribution in [0.2, 0.25) is 0 Å². The summed E-state index contributed by atoms with van der Waals surface area (Å²) in [4.78, 5) is 25.9. The first-order chi connectivity index (χ1) is 17.2. The zero-order chi connectivity index (χ0) is 25.8. The number of benzene rings is 3. The van der Waals surface area contributed by atoms with Gasteiger partial charge < -0.3 is 24.8 Å². The second-order valence-electron chi connectivity index (χ2n) is 8.92. The van der Waals surface area contributed by atoms with Crippen LogP contribution in [0.25, 0.3) is 5.70 Å². The van der Waals surface area contributed by atoms with Gasteiger partial charge in [-0.1, -0.05) is 18.2 Å². The Labute approximate surface area is 211 Å². The second kappa shape index (κ2) is 10.6. The standard InChI is InChI=1S/C29H30N2O5/c1-17(2)35-28(32)25-26(20-7-12-22(34-5)13-8-20)30-29(33)31-27(25)21-9-14-23(15-10-21)36-24-11-6-18(3)19(4)16-24/h6-17,27H,1-5H3,(H2,30,31,33). The second-order valence-corrected chi connectivity index (χ2v) is 8.92. The molecule has 0 saturated carbocycles. The molecule has 0 fully saturated rings. The molecule has 186 valence electrons. The number of nitrogens with one attached hydrogen (secondary N) is 2. The third-order valence-electron chi connectivity index (χ3n) is 5.94. The summed E-state index contributed by atoms with van der Waals surface area (Å²) in [5.74, 6) is 1.54. The van der Waals surface area contributed by atoms with Crippen molar-refractivity contribution in [3.8, 4) is 17.2 Å². The summed E-state index contributed by atoms with van der Waals surface area (Å²) in [5.41, 5.74) is 4.44. The van der Waals surface area contributed by atoms with Crippen LogP contribution in [-0.4, -0.2) is 25.2 Å². The van der Waals surface area contributed by atoms with Crippen LogP contribution in [0.1, 0.15) is 42.1 Å². The molecule has 1 heterocycles. The maximum absolute atomic E-state index is 13.3. The van der Waals surface area contributed by atoms with E-state index < -0.39 is 18.0 Å². The molecule has 1 aliphatic rings. The summed E-state index contributed by atoms with van der Waals surface area (Å²) in [6.07, 6.45) is -0.325. The Morgan fingerprint density at radius 1 is 0.861 bits per heavy atom. The third kappa shape index (κ3) is 5.51. The normalized spacial score (nSPS) is 15.3. The zero-order valence-electron chi connectivity index (χ0n) is 21.0. The van der Waals surface area contributed by atoms with Gasteiger partial charge in [0.25, 0.3) is 0 Å². The lowest BCUT2D eigenvalue weighted by molar-refractivity contribution is -0.143. The number of hydrogen-bond acceptors (Lipinski definition) is 5. The van der Waals surface area contributed by atoms with Gasteiger partial charge in [-0.25, -0.2) is 9.59 Å². The Hall–Kier alpha value is -4.26. The molecule has 3 aromatic carbocycles. The van der Waals surface area contributed by atoms with Crippen molar-refractivity contribution in [1.82, 2.24) is 10.6 Å². The number of ether oxygens (including phenoxy) is 3. The first kappa shape index (κ1) is 24.9. The molecule has 7 heteroatoms. The summed E-state index contributed by atoms with van der Waals surface area (Å²) in [5, 5.41) is 5.66. The molecule has 3 aromatic rings. The van der Waals surface area contributed by atoms with Gasteiger partial charge in [0.05, 0.1) is 30.5 Å². The van der Waals surface area contributed by atoms with Crippen LogP contribution >= 0.6 is 0 Å². The van der Waals surface area contributed by atoms with E-state index in [2.05, 4.69) is 17.6 Å². The molecule has 0 spiro atoms. The van der Waals surface area contributed by atoms with E-state index in [0.29, 0.717) is 28.3 Å². The van der Waals surface area contributed by atoms with Crippen molar-refractivity contribution in [1.29, 1.82) is 0 Å². The number of rotatable bonds is 7. The van der Waals surface area contributed by atoms with Crippen molar-refractivity contribution in [2.45, 2.75) is 39.8 Å². The van der Waals surface area contributed by atoms with Gasteiger partial charge in [0, 0.05) is 0 Å². The van der Waals surface area contributed by atoms with E-state index in [1.165, 1.54) is 5.56 Å². The highest BCUT2D eigenvalue weighted by molar-refractivity contribution is 6.04. The molecule has 0 saturated heterocycles. The number of urea groups is 1. The highest BCUT2D eigenvalue weighted by atomic mass is 16.5. The summed E-state index contributed by atoms with van der Waals surface area (Å²) in [6, 6.07) is 19.2. The number of esters is 1. The molecule has 0 bridgehead atoms. The third-order valence-corrected chi connectivity index (χ3v) is 5.94. The summed E-state index contributed by atoms with van der Waals surface area (Å²) < 4.78 is 16.8. The predicted octanol–water partition coefficient (Wildman–Crippen LogP) is 5.82. The summed E-state index contributed by atoms with van der Waals surface area (Å²) >= 11 is 0. The van der Waals surface area contributed by atoms with Gasteiger partial charge in [-0.3, -0.25) is 0 Å². The molecule has 4 rings (SSSR count). The van der Waals surface area contributed by atoms with Crippen LogP contribution in [0, 0.1) is 13.8 Å². The maximum Gasteiger partial charge on any atom is 0.338 e. The van der Waals surface area contributed by atoms with Gasteiger partial charge >= 0.3 is 12.0 Å². The molecular formula is C29H30N2O5. The predicted molar refractivity (Wildman–Crippen MR) is 138 cm³/mol. The average Bonchev–Trinajstić information content (AvgIpc) is 2.86. The Kier molecular flexibility index (Phi) is 7.29. The molecule has 1 atom stereocenters. The van der Waals surface area contributed by atoms with E-state index in [-0.39, 0.29) is 6.10 Å². The molecule has 2 amide bonds. The Morgan fingerprint density at radius 3 is 2.11 bits per heavy atom. The Balaban J connectivity index is 1.70. The molecule has 2 N–H and O–H groups in total. The van der Waals surface area contributed by atoms with Crippen LogP contribution in [0.4, 0.5) is 4.79 Å². The van der Waals surface area contributed by atoms with E-state index in [0.717, 1.165) is 16.9 Å². The van der Waals surface area contributed by atoms with Crippen LogP contribution in [0.5, 0.6) is 17.2 Å². The van der Waals surface area contributed by atoms with Crippen molar-refractivity contribution < 1.29 is 23.8 Å². The van der Waals surface area contributed by atoms with Crippen molar-refractivity contribution in [2.24, 2.45) is 0 Å². The van der Waals surface area contributed by atoms with E-state index in [1.54, 1.807) is 45.2 Å². The fourth-order valence-electron chi connectivity index (χ4n) is 3.94. The highest BCUT2D eigenvalue weighted by Crippen LogP contribution is 2.34. The topological polar surface area (TPSA) is 85.9 Å². The number of aryl methyl sites for hydroxylation is 2. The van der Waals surface area contributed by atoms with Crippen LogP contribution < -0.4 is 20.1 Å². The van der Waals surface area contributed by atoms with Gasteiger partial charge in [-0.05, 0) is 98.5 Å². The molecule has 0 aliphatic carbocycles. The van der Waals surface area contributed by atoms with Crippen molar-refractivity contribution in [3.05, 3.63) is 94.6 Å². The maximum atomic E-state index is 13.3. The smallest absolute Gasteiger partial charge is 0.338 e. The van der Waals surface area contributed by atoms with Crippen molar-refractivity contribution in [3.63, 3.8) is 0 Å². The Bertz CT molecular complexity index is 1290. The quantitative estimate of drug-likeness (QED) is 0.411. The van der Waals surface area contributed by atoms with Crippen LogP contribution in [0.15, 0.2) is 72.3 Å². The number of amides is 2. The molecular weight excluding hydrogens is 456 g/mol. The van der Waals surface area contributed by atoms with E-state index in [4.69, 9.17) is 14.2 Å². The minimum Gasteiger partial charge on any atom is -0.497 e. The fourth-order valence-corrected chi connectivity index (χ4v) is 3.94. The van der Waals surface area contributed by atoms with Gasteiger partial charge in [0.1, 0.15) is 17.2 Å². The van der Waals surface area contributed by atoms with E-state index >= 15 is 0 Å². The molecule has 7 nitrogen and oxygen atoms in total. The SMILES string of the molecule is COc1ccc(C2=C(C(=O)OC(C)C)C(c3ccc(Oc4ccc(C)c(C)c4)cc3)NC(=O)N2)cc1. The van der Waals surface area contributed by atoms with E-state index in [9.17, 15) is 9.59 Å². The zero-order valence-corrected chi connectivity index (χ0v) is 21.0. The van der Waals surface area contributed by atoms with Gasteiger partial charge in [-0.2, -0.15) is 0 Å². The number of methoxy groups -OCH3 is 1. The molecule has 0 radical (unpaired) electrons. The lowest BCUT2D eigenvalue weighted by Gasteiger charge is -2.30. The number of carbonyl (C=O) groups excluding carboxylic acids is 2. The van der Waals surface area contributed by atoms with Crippen LogP contribution in [-0.2, 0) is 9.53 Å². The molecule has 1 aliphatic heterocycles.